The summed E-state index contributed by atoms with van der Waals surface area (Å²) in [6, 6.07) is 3.94. The standard InChI is InChI=1S/C12H19N5/c1-3-8-16(10-7-13-2)11-5-9-17-12(15-11)4-6-14-17/h4-6,9,13H,3,7-8,10H2,1-2H3. The molecule has 0 saturated heterocycles. The van der Waals surface area contributed by atoms with Crippen LogP contribution in [-0.4, -0.2) is 41.3 Å². The summed E-state index contributed by atoms with van der Waals surface area (Å²) in [5.41, 5.74) is 0.896. The molecule has 0 aromatic carbocycles. The maximum atomic E-state index is 4.61. The molecule has 0 fully saturated rings. The Hall–Kier alpha value is -1.62. The van der Waals surface area contributed by atoms with Gasteiger partial charge in [0.1, 0.15) is 5.82 Å². The van der Waals surface area contributed by atoms with E-state index in [1.165, 1.54) is 0 Å². The van der Waals surface area contributed by atoms with Gasteiger partial charge in [-0.05, 0) is 19.5 Å². The number of nitrogens with one attached hydrogen (secondary N) is 1. The Bertz CT molecular complexity index is 465. The molecule has 2 rings (SSSR count). The number of aromatic nitrogens is 3. The van der Waals surface area contributed by atoms with Gasteiger partial charge in [-0.2, -0.15) is 5.10 Å². The average molecular weight is 233 g/mol. The number of hydrogen-bond donors (Lipinski definition) is 1. The largest absolute Gasteiger partial charge is 0.355 e. The van der Waals surface area contributed by atoms with Crippen molar-refractivity contribution in [1.29, 1.82) is 0 Å². The van der Waals surface area contributed by atoms with Crippen LogP contribution in [0.5, 0.6) is 0 Å². The third-order valence-electron chi connectivity index (χ3n) is 2.69. The van der Waals surface area contributed by atoms with Gasteiger partial charge in [0.2, 0.25) is 0 Å². The van der Waals surface area contributed by atoms with Crippen molar-refractivity contribution in [3.63, 3.8) is 0 Å². The Morgan fingerprint density at radius 3 is 3.00 bits per heavy atom. The lowest BCUT2D eigenvalue weighted by atomic mass is 10.3. The van der Waals surface area contributed by atoms with E-state index in [-0.39, 0.29) is 0 Å². The van der Waals surface area contributed by atoms with Crippen LogP contribution in [0.4, 0.5) is 5.82 Å². The number of likely N-dealkylation sites (N-methyl/N-ethyl adjacent to an activating group) is 1. The van der Waals surface area contributed by atoms with E-state index in [1.807, 2.05) is 25.4 Å². The van der Waals surface area contributed by atoms with Crippen LogP contribution in [0.2, 0.25) is 0 Å². The molecular weight excluding hydrogens is 214 g/mol. The second-order valence-corrected chi connectivity index (χ2v) is 4.01. The number of rotatable bonds is 6. The summed E-state index contributed by atoms with van der Waals surface area (Å²) in [5, 5.41) is 7.32. The average Bonchev–Trinajstić information content (AvgIpc) is 2.81. The maximum absolute atomic E-state index is 4.61. The van der Waals surface area contributed by atoms with Crippen molar-refractivity contribution in [2.75, 3.05) is 31.6 Å². The van der Waals surface area contributed by atoms with E-state index in [0.29, 0.717) is 0 Å². The molecule has 2 aromatic rings. The molecule has 0 amide bonds. The number of anilines is 1. The van der Waals surface area contributed by atoms with Crippen LogP contribution in [0.1, 0.15) is 13.3 Å². The topological polar surface area (TPSA) is 45.5 Å². The molecule has 5 heteroatoms. The van der Waals surface area contributed by atoms with Gasteiger partial charge in [-0.3, -0.25) is 0 Å². The summed E-state index contributed by atoms with van der Waals surface area (Å²) in [7, 11) is 1.97. The third kappa shape index (κ3) is 2.74. The van der Waals surface area contributed by atoms with Gasteiger partial charge in [0, 0.05) is 31.9 Å². The zero-order chi connectivity index (χ0) is 12.1. The first-order valence-corrected chi connectivity index (χ1v) is 6.05. The number of hydrogen-bond acceptors (Lipinski definition) is 4. The Kier molecular flexibility index (Phi) is 3.93. The van der Waals surface area contributed by atoms with Crippen LogP contribution >= 0.6 is 0 Å². The smallest absolute Gasteiger partial charge is 0.157 e. The summed E-state index contributed by atoms with van der Waals surface area (Å²) >= 11 is 0. The van der Waals surface area contributed by atoms with Crippen molar-refractivity contribution in [1.82, 2.24) is 19.9 Å². The Morgan fingerprint density at radius 2 is 2.24 bits per heavy atom. The predicted molar refractivity (Wildman–Crippen MR) is 69.4 cm³/mol. The maximum Gasteiger partial charge on any atom is 0.157 e. The van der Waals surface area contributed by atoms with E-state index >= 15 is 0 Å². The highest BCUT2D eigenvalue weighted by atomic mass is 15.3. The van der Waals surface area contributed by atoms with Crippen LogP contribution in [0.15, 0.2) is 24.5 Å². The molecule has 0 radical (unpaired) electrons. The van der Waals surface area contributed by atoms with Crippen LogP contribution < -0.4 is 10.2 Å². The summed E-state index contributed by atoms with van der Waals surface area (Å²) in [4.78, 5) is 6.90. The summed E-state index contributed by atoms with van der Waals surface area (Å²) in [5.74, 6) is 1.02. The molecule has 1 N–H and O–H groups in total. The molecule has 0 unspecified atom stereocenters. The lowest BCUT2D eigenvalue weighted by Crippen LogP contribution is -2.32. The van der Waals surface area contributed by atoms with E-state index in [1.54, 1.807) is 10.7 Å². The minimum absolute atomic E-state index is 0.896. The van der Waals surface area contributed by atoms with Gasteiger partial charge < -0.3 is 10.2 Å². The lowest BCUT2D eigenvalue weighted by Gasteiger charge is -2.22. The highest BCUT2D eigenvalue weighted by Crippen LogP contribution is 2.12. The van der Waals surface area contributed by atoms with E-state index in [2.05, 4.69) is 27.2 Å². The van der Waals surface area contributed by atoms with Crippen LogP contribution in [0.25, 0.3) is 5.65 Å². The third-order valence-corrected chi connectivity index (χ3v) is 2.69. The minimum atomic E-state index is 0.896. The van der Waals surface area contributed by atoms with Crippen molar-refractivity contribution in [2.24, 2.45) is 0 Å². The molecule has 2 aromatic heterocycles. The van der Waals surface area contributed by atoms with E-state index < -0.39 is 0 Å². The van der Waals surface area contributed by atoms with Crippen LogP contribution in [0.3, 0.4) is 0 Å². The Balaban J connectivity index is 2.20. The summed E-state index contributed by atoms with van der Waals surface area (Å²) in [6.07, 6.45) is 4.85. The van der Waals surface area contributed by atoms with Crippen molar-refractivity contribution in [3.05, 3.63) is 24.5 Å². The van der Waals surface area contributed by atoms with Crippen molar-refractivity contribution < 1.29 is 0 Å². The van der Waals surface area contributed by atoms with Gasteiger partial charge in [0.15, 0.2) is 5.65 Å². The first-order valence-electron chi connectivity index (χ1n) is 6.05. The molecule has 0 spiro atoms. The van der Waals surface area contributed by atoms with Gasteiger partial charge in [0.05, 0.1) is 6.20 Å². The molecule has 92 valence electrons. The zero-order valence-electron chi connectivity index (χ0n) is 10.4. The highest BCUT2D eigenvalue weighted by molar-refractivity contribution is 5.47. The highest BCUT2D eigenvalue weighted by Gasteiger charge is 2.07. The molecule has 0 saturated carbocycles. The van der Waals surface area contributed by atoms with Crippen LogP contribution in [0, 0.1) is 0 Å². The first-order chi connectivity index (χ1) is 8.35. The first kappa shape index (κ1) is 11.9. The number of fused-ring (bicyclic) bond motifs is 1. The molecule has 0 aliphatic heterocycles. The van der Waals surface area contributed by atoms with Gasteiger partial charge in [0.25, 0.3) is 0 Å². The fourth-order valence-electron chi connectivity index (χ4n) is 1.84. The molecule has 17 heavy (non-hydrogen) atoms. The van der Waals surface area contributed by atoms with Gasteiger partial charge in [-0.25, -0.2) is 9.50 Å². The monoisotopic (exact) mass is 233 g/mol. The lowest BCUT2D eigenvalue weighted by molar-refractivity contribution is 0.701. The second-order valence-electron chi connectivity index (χ2n) is 4.01. The molecule has 0 atom stereocenters. The Morgan fingerprint density at radius 1 is 1.35 bits per heavy atom. The molecular formula is C12H19N5. The fourth-order valence-corrected chi connectivity index (χ4v) is 1.84. The number of nitrogens with zero attached hydrogens (tertiary/aromatic N) is 4. The van der Waals surface area contributed by atoms with Crippen molar-refractivity contribution in [3.8, 4) is 0 Å². The van der Waals surface area contributed by atoms with Crippen molar-refractivity contribution in [2.45, 2.75) is 13.3 Å². The molecule has 0 aliphatic rings. The molecule has 0 aliphatic carbocycles. The van der Waals surface area contributed by atoms with Crippen molar-refractivity contribution >= 4 is 11.5 Å². The van der Waals surface area contributed by atoms with E-state index in [4.69, 9.17) is 0 Å². The zero-order valence-corrected chi connectivity index (χ0v) is 10.4. The fraction of sp³-hybridized carbons (Fsp3) is 0.500. The quantitative estimate of drug-likeness (QED) is 0.813. The minimum Gasteiger partial charge on any atom is -0.355 e. The van der Waals surface area contributed by atoms with Gasteiger partial charge >= 0.3 is 0 Å². The summed E-state index contributed by atoms with van der Waals surface area (Å²) in [6.45, 7) is 5.15. The normalized spacial score (nSPS) is 10.9. The molecule has 5 nitrogen and oxygen atoms in total. The van der Waals surface area contributed by atoms with E-state index in [9.17, 15) is 0 Å². The summed E-state index contributed by atoms with van der Waals surface area (Å²) < 4.78 is 1.78. The van der Waals surface area contributed by atoms with E-state index in [0.717, 1.165) is 37.5 Å². The second kappa shape index (κ2) is 5.63. The predicted octanol–water partition coefficient (Wildman–Crippen LogP) is 1.17. The SMILES string of the molecule is CCCN(CCNC)c1ccn2nccc2n1. The van der Waals surface area contributed by atoms with Gasteiger partial charge in [-0.1, -0.05) is 6.92 Å². The molecule has 0 bridgehead atoms. The Labute approximate surface area is 101 Å². The van der Waals surface area contributed by atoms with Gasteiger partial charge in [-0.15, -0.1) is 0 Å². The van der Waals surface area contributed by atoms with Crippen LogP contribution in [-0.2, 0) is 0 Å². The molecule has 2 heterocycles.